The van der Waals surface area contributed by atoms with Crippen LogP contribution in [-0.2, 0) is 0 Å². The van der Waals surface area contributed by atoms with Crippen LogP contribution in [0.2, 0.25) is 0 Å². The highest BCUT2D eigenvalue weighted by molar-refractivity contribution is 5.63. The predicted molar refractivity (Wildman–Crippen MR) is 54.4 cm³/mol. The van der Waals surface area contributed by atoms with Crippen LogP contribution in [0.1, 0.15) is 5.56 Å². The van der Waals surface area contributed by atoms with Gasteiger partial charge in [-0.15, -0.1) is 0 Å². The second-order valence-corrected chi connectivity index (χ2v) is 3.15. The van der Waals surface area contributed by atoms with E-state index in [1.165, 1.54) is 6.07 Å². The molecule has 70 valence electrons. The van der Waals surface area contributed by atoms with Crippen molar-refractivity contribution in [2.24, 2.45) is 0 Å². The third-order valence-corrected chi connectivity index (χ3v) is 2.14. The number of rotatable bonds is 1. The van der Waals surface area contributed by atoms with E-state index >= 15 is 0 Å². The molecule has 0 aliphatic heterocycles. The first-order valence-electron chi connectivity index (χ1n) is 4.45. The number of nitrogens with zero attached hydrogens (tertiary/aromatic N) is 1. The van der Waals surface area contributed by atoms with Crippen molar-refractivity contribution in [2.75, 3.05) is 0 Å². The van der Waals surface area contributed by atoms with Crippen molar-refractivity contribution in [3.05, 3.63) is 54.0 Å². The van der Waals surface area contributed by atoms with Gasteiger partial charge in [-0.3, -0.25) is 4.98 Å². The minimum Gasteiger partial charge on any atom is -0.256 e. The van der Waals surface area contributed by atoms with Crippen LogP contribution in [0.4, 0.5) is 4.39 Å². The lowest BCUT2D eigenvalue weighted by Gasteiger charge is -2.05. The predicted octanol–water partition coefficient (Wildman–Crippen LogP) is 3.20. The summed E-state index contributed by atoms with van der Waals surface area (Å²) in [6.45, 7) is 1.88. The summed E-state index contributed by atoms with van der Waals surface area (Å²) in [5.41, 5.74) is 2.18. The van der Waals surface area contributed by atoms with Crippen LogP contribution >= 0.6 is 0 Å². The first-order valence-corrected chi connectivity index (χ1v) is 4.45. The first kappa shape index (κ1) is 8.88. The number of hydrogen-bond acceptors (Lipinski definition) is 1. The topological polar surface area (TPSA) is 12.9 Å². The number of aromatic nitrogens is 1. The normalized spacial score (nSPS) is 10.1. The molecule has 2 aromatic rings. The molecule has 1 nitrogen and oxygen atoms in total. The van der Waals surface area contributed by atoms with Crippen LogP contribution < -0.4 is 0 Å². The third-order valence-electron chi connectivity index (χ3n) is 2.14. The molecule has 0 saturated carbocycles. The molecule has 0 atom stereocenters. The second-order valence-electron chi connectivity index (χ2n) is 3.15. The highest BCUT2D eigenvalue weighted by Crippen LogP contribution is 2.23. The molecule has 1 heterocycles. The third kappa shape index (κ3) is 1.51. The van der Waals surface area contributed by atoms with Crippen LogP contribution in [0.3, 0.4) is 0 Å². The number of benzene rings is 1. The molecular weight excluding hydrogens is 177 g/mol. The molecule has 0 fully saturated rings. The van der Waals surface area contributed by atoms with Crippen molar-refractivity contribution < 1.29 is 4.39 Å². The van der Waals surface area contributed by atoms with E-state index in [1.54, 1.807) is 12.3 Å². The summed E-state index contributed by atoms with van der Waals surface area (Å²) in [6.07, 6.45) is 1.67. The van der Waals surface area contributed by atoms with Gasteiger partial charge >= 0.3 is 0 Å². The summed E-state index contributed by atoms with van der Waals surface area (Å²) in [4.78, 5) is 4.13. The summed E-state index contributed by atoms with van der Waals surface area (Å²) in [6, 6.07) is 10.5. The lowest BCUT2D eigenvalue weighted by molar-refractivity contribution is 0.629. The zero-order valence-electron chi connectivity index (χ0n) is 7.87. The molecule has 0 saturated heterocycles. The van der Waals surface area contributed by atoms with Crippen LogP contribution in [0, 0.1) is 12.7 Å². The van der Waals surface area contributed by atoms with Crippen molar-refractivity contribution in [3.63, 3.8) is 0 Å². The molecule has 0 aliphatic rings. The first-order chi connectivity index (χ1) is 6.79. The van der Waals surface area contributed by atoms with E-state index in [1.807, 2.05) is 31.2 Å². The molecule has 0 unspecified atom stereocenters. The molecule has 0 N–H and O–H groups in total. The zero-order chi connectivity index (χ0) is 9.97. The lowest BCUT2D eigenvalue weighted by Crippen LogP contribution is -1.90. The van der Waals surface area contributed by atoms with Gasteiger partial charge in [0.2, 0.25) is 0 Å². The van der Waals surface area contributed by atoms with Gasteiger partial charge in [0.25, 0.3) is 0 Å². The van der Waals surface area contributed by atoms with E-state index in [0.717, 1.165) is 5.56 Å². The fourth-order valence-corrected chi connectivity index (χ4v) is 1.47. The fourth-order valence-electron chi connectivity index (χ4n) is 1.47. The van der Waals surface area contributed by atoms with Crippen molar-refractivity contribution in [2.45, 2.75) is 6.92 Å². The van der Waals surface area contributed by atoms with E-state index < -0.39 is 0 Å². The van der Waals surface area contributed by atoms with Crippen LogP contribution in [-0.4, -0.2) is 4.98 Å². The molecule has 2 heteroatoms. The lowest BCUT2D eigenvalue weighted by atomic mass is 10.0. The Bertz CT molecular complexity index is 417. The van der Waals surface area contributed by atoms with Gasteiger partial charge in [-0.25, -0.2) is 4.39 Å². The Labute approximate surface area is 82.2 Å². The van der Waals surface area contributed by atoms with Crippen LogP contribution in [0.25, 0.3) is 11.3 Å². The average Bonchev–Trinajstić information content (AvgIpc) is 2.19. The van der Waals surface area contributed by atoms with Gasteiger partial charge in [-0.05, 0) is 30.7 Å². The van der Waals surface area contributed by atoms with Crippen LogP contribution in [0.15, 0.2) is 42.6 Å². The molecule has 0 amide bonds. The Morgan fingerprint density at radius 2 is 1.93 bits per heavy atom. The maximum absolute atomic E-state index is 13.5. The summed E-state index contributed by atoms with van der Waals surface area (Å²) >= 11 is 0. The van der Waals surface area contributed by atoms with Gasteiger partial charge < -0.3 is 0 Å². The van der Waals surface area contributed by atoms with E-state index in [9.17, 15) is 4.39 Å². The van der Waals surface area contributed by atoms with Crippen molar-refractivity contribution in [3.8, 4) is 11.3 Å². The maximum Gasteiger partial charge on any atom is 0.132 e. The van der Waals surface area contributed by atoms with Gasteiger partial charge in [0, 0.05) is 11.8 Å². The second kappa shape index (κ2) is 3.58. The Hall–Kier alpha value is -1.70. The maximum atomic E-state index is 13.5. The monoisotopic (exact) mass is 187 g/mol. The van der Waals surface area contributed by atoms with E-state index in [2.05, 4.69) is 4.98 Å². The Morgan fingerprint density at radius 3 is 2.57 bits per heavy atom. The smallest absolute Gasteiger partial charge is 0.132 e. The van der Waals surface area contributed by atoms with E-state index in [-0.39, 0.29) is 5.82 Å². The fraction of sp³-hybridized carbons (Fsp3) is 0.0833. The standard InChI is InChI=1S/C12H10FN/c1-9-5-4-6-10(13)12(9)11-7-2-3-8-14-11/h2-8H,1H3. The van der Waals surface area contributed by atoms with E-state index in [4.69, 9.17) is 0 Å². The minimum atomic E-state index is -0.219. The minimum absolute atomic E-state index is 0.219. The largest absolute Gasteiger partial charge is 0.256 e. The van der Waals surface area contributed by atoms with Gasteiger partial charge in [0.1, 0.15) is 5.82 Å². The molecule has 0 aliphatic carbocycles. The molecule has 0 spiro atoms. The van der Waals surface area contributed by atoms with Crippen molar-refractivity contribution in [1.82, 2.24) is 4.98 Å². The Kier molecular flexibility index (Phi) is 2.27. The number of halogens is 1. The van der Waals surface area contributed by atoms with Gasteiger partial charge in [-0.2, -0.15) is 0 Å². The Balaban J connectivity index is 2.63. The summed E-state index contributed by atoms with van der Waals surface area (Å²) in [7, 11) is 0. The quantitative estimate of drug-likeness (QED) is 0.668. The summed E-state index contributed by atoms with van der Waals surface area (Å²) in [5.74, 6) is -0.219. The number of pyridine rings is 1. The summed E-state index contributed by atoms with van der Waals surface area (Å²) < 4.78 is 13.5. The molecule has 0 bridgehead atoms. The van der Waals surface area contributed by atoms with Gasteiger partial charge in [-0.1, -0.05) is 18.2 Å². The Morgan fingerprint density at radius 1 is 1.07 bits per heavy atom. The SMILES string of the molecule is Cc1cccc(F)c1-c1ccccn1. The summed E-state index contributed by atoms with van der Waals surface area (Å²) in [5, 5.41) is 0. The number of aryl methyl sites for hydroxylation is 1. The van der Waals surface area contributed by atoms with Crippen molar-refractivity contribution in [1.29, 1.82) is 0 Å². The molecule has 2 rings (SSSR count). The van der Waals surface area contributed by atoms with Crippen molar-refractivity contribution >= 4 is 0 Å². The molecule has 14 heavy (non-hydrogen) atoms. The van der Waals surface area contributed by atoms with Gasteiger partial charge in [0.15, 0.2) is 0 Å². The molecule has 1 aromatic heterocycles. The molecular formula is C12H10FN. The number of hydrogen-bond donors (Lipinski definition) is 0. The molecule has 1 aromatic carbocycles. The zero-order valence-corrected chi connectivity index (χ0v) is 7.87. The van der Waals surface area contributed by atoms with E-state index in [0.29, 0.717) is 11.3 Å². The highest BCUT2D eigenvalue weighted by atomic mass is 19.1. The van der Waals surface area contributed by atoms with Crippen LogP contribution in [0.5, 0.6) is 0 Å². The average molecular weight is 187 g/mol. The van der Waals surface area contributed by atoms with Gasteiger partial charge in [0.05, 0.1) is 5.69 Å². The highest BCUT2D eigenvalue weighted by Gasteiger charge is 2.07. The molecule has 0 radical (unpaired) electrons.